The molecule has 1 heterocycles. The van der Waals surface area contributed by atoms with E-state index in [4.69, 9.17) is 16.3 Å². The second kappa shape index (κ2) is 5.81. The lowest BCUT2D eigenvalue weighted by atomic mass is 9.85. The lowest BCUT2D eigenvalue weighted by Crippen LogP contribution is -2.50. The molecule has 0 aromatic heterocycles. The molecule has 5 nitrogen and oxygen atoms in total. The van der Waals surface area contributed by atoms with Gasteiger partial charge in [-0.25, -0.2) is 0 Å². The summed E-state index contributed by atoms with van der Waals surface area (Å²) in [5.41, 5.74) is -0.296. The fourth-order valence-electron chi connectivity index (χ4n) is 2.16. The average molecular weight is 298 g/mol. The average Bonchev–Trinajstić information content (AvgIpc) is 2.72. The number of carboxylic acids is 1. The Morgan fingerprint density at radius 1 is 1.55 bits per heavy atom. The minimum Gasteiger partial charge on any atom is -0.481 e. The predicted octanol–water partition coefficient (Wildman–Crippen LogP) is 1.49. The molecule has 2 rings (SSSR count). The zero-order valence-corrected chi connectivity index (χ0v) is 11.8. The van der Waals surface area contributed by atoms with Gasteiger partial charge in [0.2, 0.25) is 5.91 Å². The number of halogens is 1. The number of ether oxygens (including phenoxy) is 1. The van der Waals surface area contributed by atoms with Crippen LogP contribution in [0.5, 0.6) is 0 Å². The van der Waals surface area contributed by atoms with Crippen LogP contribution in [-0.4, -0.2) is 36.2 Å². The molecule has 1 fully saturated rings. The molecular weight excluding hydrogens is 282 g/mol. The molecule has 1 amide bonds. The third-order valence-corrected chi connectivity index (χ3v) is 3.77. The Bertz CT molecular complexity index is 534. The number of carboxylic acid groups (broad SMARTS) is 1. The van der Waals surface area contributed by atoms with Crippen molar-refractivity contribution in [2.45, 2.75) is 19.4 Å². The Morgan fingerprint density at radius 2 is 2.30 bits per heavy atom. The quantitative estimate of drug-likeness (QED) is 0.883. The highest BCUT2D eigenvalue weighted by molar-refractivity contribution is 6.30. The third-order valence-electron chi connectivity index (χ3n) is 3.53. The summed E-state index contributed by atoms with van der Waals surface area (Å²) in [6.45, 7) is 1.89. The van der Waals surface area contributed by atoms with E-state index in [1.165, 1.54) is 0 Å². The highest BCUT2D eigenvalue weighted by Gasteiger charge is 2.47. The summed E-state index contributed by atoms with van der Waals surface area (Å²) in [5, 5.41) is 12.5. The van der Waals surface area contributed by atoms with Crippen molar-refractivity contribution in [2.24, 2.45) is 5.41 Å². The molecule has 0 aliphatic carbocycles. The molecule has 2 N–H and O–H groups in total. The van der Waals surface area contributed by atoms with E-state index in [1.54, 1.807) is 31.2 Å². The Kier molecular flexibility index (Phi) is 4.30. The summed E-state index contributed by atoms with van der Waals surface area (Å²) in [4.78, 5) is 23.3. The molecule has 1 aromatic rings. The smallest absolute Gasteiger partial charge is 0.313 e. The van der Waals surface area contributed by atoms with Gasteiger partial charge < -0.3 is 15.2 Å². The molecule has 1 saturated heterocycles. The monoisotopic (exact) mass is 297 g/mol. The summed E-state index contributed by atoms with van der Waals surface area (Å²) >= 11 is 5.86. The lowest BCUT2D eigenvalue weighted by molar-refractivity contribution is -0.149. The molecular formula is C14H16ClNO4. The van der Waals surface area contributed by atoms with Crippen LogP contribution in [-0.2, 0) is 20.7 Å². The second-order valence-electron chi connectivity index (χ2n) is 5.16. The van der Waals surface area contributed by atoms with E-state index in [-0.39, 0.29) is 25.5 Å². The van der Waals surface area contributed by atoms with Gasteiger partial charge >= 0.3 is 5.97 Å². The van der Waals surface area contributed by atoms with Crippen molar-refractivity contribution in [3.8, 4) is 0 Å². The first-order valence-corrected chi connectivity index (χ1v) is 6.64. The van der Waals surface area contributed by atoms with Crippen molar-refractivity contribution < 1.29 is 19.4 Å². The predicted molar refractivity (Wildman–Crippen MR) is 73.6 cm³/mol. The molecule has 2 unspecified atom stereocenters. The number of carbonyl (C=O) groups excluding carboxylic acids is 1. The number of hydrogen-bond acceptors (Lipinski definition) is 3. The zero-order chi connectivity index (χ0) is 14.8. The molecule has 1 aliphatic heterocycles. The highest BCUT2D eigenvalue weighted by atomic mass is 35.5. The maximum Gasteiger partial charge on any atom is 0.313 e. The van der Waals surface area contributed by atoms with E-state index < -0.39 is 17.4 Å². The molecule has 20 heavy (non-hydrogen) atoms. The van der Waals surface area contributed by atoms with E-state index in [0.717, 1.165) is 5.56 Å². The van der Waals surface area contributed by atoms with Crippen molar-refractivity contribution in [1.29, 1.82) is 0 Å². The fourth-order valence-corrected chi connectivity index (χ4v) is 2.38. The first-order valence-electron chi connectivity index (χ1n) is 6.27. The maximum atomic E-state index is 12.0. The lowest BCUT2D eigenvalue weighted by Gasteiger charge is -2.25. The first kappa shape index (κ1) is 14.8. The van der Waals surface area contributed by atoms with Gasteiger partial charge in [-0.2, -0.15) is 0 Å². The van der Waals surface area contributed by atoms with Gasteiger partial charge in [-0.05, 0) is 24.6 Å². The third kappa shape index (κ3) is 3.11. The van der Waals surface area contributed by atoms with Gasteiger partial charge in [0.15, 0.2) is 0 Å². The minimum atomic E-state index is -1.08. The number of rotatable bonds is 4. The van der Waals surface area contributed by atoms with Crippen LogP contribution in [0.2, 0.25) is 5.02 Å². The minimum absolute atomic E-state index is 0.102. The van der Waals surface area contributed by atoms with E-state index in [9.17, 15) is 14.7 Å². The summed E-state index contributed by atoms with van der Waals surface area (Å²) in [7, 11) is 0. The van der Waals surface area contributed by atoms with Crippen LogP contribution in [0.3, 0.4) is 0 Å². The van der Waals surface area contributed by atoms with E-state index in [0.29, 0.717) is 5.02 Å². The Morgan fingerprint density at radius 3 is 2.95 bits per heavy atom. The van der Waals surface area contributed by atoms with Gasteiger partial charge in [0.25, 0.3) is 0 Å². The van der Waals surface area contributed by atoms with Crippen LogP contribution in [0, 0.1) is 5.41 Å². The summed E-state index contributed by atoms with van der Waals surface area (Å²) in [5.74, 6) is -1.21. The van der Waals surface area contributed by atoms with Gasteiger partial charge in [0.1, 0.15) is 5.41 Å². The van der Waals surface area contributed by atoms with Gasteiger partial charge in [-0.15, -0.1) is 0 Å². The number of nitrogens with one attached hydrogen (secondary N) is 1. The second-order valence-corrected chi connectivity index (χ2v) is 5.60. The van der Waals surface area contributed by atoms with Gasteiger partial charge in [-0.1, -0.05) is 23.7 Å². The zero-order valence-electron chi connectivity index (χ0n) is 11.1. The van der Waals surface area contributed by atoms with E-state index in [2.05, 4.69) is 5.32 Å². The van der Waals surface area contributed by atoms with Crippen LogP contribution in [0.25, 0.3) is 0 Å². The Hall–Kier alpha value is -1.59. The molecule has 0 saturated carbocycles. The van der Waals surface area contributed by atoms with Crippen molar-refractivity contribution >= 4 is 23.5 Å². The van der Waals surface area contributed by atoms with E-state index >= 15 is 0 Å². The van der Waals surface area contributed by atoms with Crippen molar-refractivity contribution in [1.82, 2.24) is 5.32 Å². The van der Waals surface area contributed by atoms with Crippen molar-refractivity contribution in [3.05, 3.63) is 34.9 Å². The number of benzene rings is 1. The fraction of sp³-hybridized carbons (Fsp3) is 0.429. The van der Waals surface area contributed by atoms with Gasteiger partial charge in [-0.3, -0.25) is 9.59 Å². The van der Waals surface area contributed by atoms with E-state index in [1.807, 2.05) is 0 Å². The Balaban J connectivity index is 2.00. The highest BCUT2D eigenvalue weighted by Crippen LogP contribution is 2.28. The van der Waals surface area contributed by atoms with Crippen molar-refractivity contribution in [3.63, 3.8) is 0 Å². The topological polar surface area (TPSA) is 75.6 Å². The SMILES string of the molecule is CC1(C(=O)O)COCC1NC(=O)Cc1cccc(Cl)c1. The molecule has 108 valence electrons. The normalized spacial score (nSPS) is 25.4. The number of amides is 1. The molecule has 0 spiro atoms. The molecule has 6 heteroatoms. The van der Waals surface area contributed by atoms with Crippen LogP contribution in [0.1, 0.15) is 12.5 Å². The molecule has 0 bridgehead atoms. The first-order chi connectivity index (χ1) is 9.41. The molecule has 2 atom stereocenters. The number of aliphatic carboxylic acids is 1. The summed E-state index contributed by atoms with van der Waals surface area (Å²) < 4.78 is 5.19. The summed E-state index contributed by atoms with van der Waals surface area (Å²) in [6, 6.07) is 6.49. The molecule has 1 aromatic carbocycles. The van der Waals surface area contributed by atoms with Crippen LogP contribution >= 0.6 is 11.6 Å². The van der Waals surface area contributed by atoms with Gasteiger partial charge in [0.05, 0.1) is 25.7 Å². The number of carbonyl (C=O) groups is 2. The number of hydrogen-bond donors (Lipinski definition) is 2. The largest absolute Gasteiger partial charge is 0.481 e. The van der Waals surface area contributed by atoms with Crippen LogP contribution < -0.4 is 5.32 Å². The van der Waals surface area contributed by atoms with Crippen LogP contribution in [0.4, 0.5) is 0 Å². The van der Waals surface area contributed by atoms with Crippen LogP contribution in [0.15, 0.2) is 24.3 Å². The standard InChI is InChI=1S/C14H16ClNO4/c1-14(13(18)19)8-20-7-11(14)16-12(17)6-9-3-2-4-10(15)5-9/h2-5,11H,6-8H2,1H3,(H,16,17)(H,18,19). The molecule has 1 aliphatic rings. The Labute approximate surface area is 121 Å². The van der Waals surface area contributed by atoms with Crippen molar-refractivity contribution in [2.75, 3.05) is 13.2 Å². The van der Waals surface area contributed by atoms with Gasteiger partial charge in [0, 0.05) is 5.02 Å². The maximum absolute atomic E-state index is 12.0. The summed E-state index contributed by atoms with van der Waals surface area (Å²) in [6.07, 6.45) is 0.159. The molecule has 0 radical (unpaired) electrons.